The van der Waals surface area contributed by atoms with Crippen molar-refractivity contribution in [2.75, 3.05) is 33.3 Å². The number of ketones is 1. The number of likely N-dealkylation sites (tertiary alicyclic amines) is 1. The number of methoxy groups -OCH3 is 1. The van der Waals surface area contributed by atoms with Crippen LogP contribution in [0.1, 0.15) is 39.1 Å². The number of ether oxygens (including phenoxy) is 3. The van der Waals surface area contributed by atoms with Crippen molar-refractivity contribution in [3.05, 3.63) is 77.4 Å². The molecule has 1 saturated heterocycles. The molecular weight excluding hydrogens is 464 g/mol. The summed E-state index contributed by atoms with van der Waals surface area (Å²) < 4.78 is 16.6. The number of hydrogen-bond acceptors (Lipinski definition) is 8. The zero-order valence-electron chi connectivity index (χ0n) is 19.8. The second-order valence-electron chi connectivity index (χ2n) is 9.09. The first-order chi connectivity index (χ1) is 17.4. The van der Waals surface area contributed by atoms with Gasteiger partial charge in [0.05, 0.1) is 24.8 Å². The van der Waals surface area contributed by atoms with Crippen LogP contribution in [0.5, 0.6) is 5.75 Å². The Morgan fingerprint density at radius 2 is 1.67 bits per heavy atom. The van der Waals surface area contributed by atoms with Crippen LogP contribution in [0, 0.1) is 5.92 Å². The van der Waals surface area contributed by atoms with Crippen LogP contribution in [0.15, 0.2) is 60.7 Å². The molecule has 2 aromatic carbocycles. The molecule has 0 saturated carbocycles. The van der Waals surface area contributed by atoms with Crippen LogP contribution in [0.4, 0.5) is 0 Å². The van der Waals surface area contributed by atoms with Crippen molar-refractivity contribution in [2.24, 2.45) is 5.92 Å². The minimum absolute atomic E-state index is 0.0544. The highest BCUT2D eigenvalue weighted by Gasteiger charge is 2.58. The summed E-state index contributed by atoms with van der Waals surface area (Å²) in [6, 6.07) is 14.0. The highest BCUT2D eigenvalue weighted by molar-refractivity contribution is 6.02. The summed E-state index contributed by atoms with van der Waals surface area (Å²) in [6.07, 6.45) is 3.42. The van der Waals surface area contributed by atoms with Gasteiger partial charge in [0.1, 0.15) is 5.75 Å². The van der Waals surface area contributed by atoms with Crippen LogP contribution >= 0.6 is 0 Å². The number of benzene rings is 2. The number of Topliss-reactive ketones (excluding diaryl/α,β-unsaturated/α-hetero) is 1. The summed E-state index contributed by atoms with van der Waals surface area (Å²) in [5.74, 6) is -3.41. The second kappa shape index (κ2) is 9.58. The predicted octanol–water partition coefficient (Wildman–Crippen LogP) is 2.51. The number of hydrogen-bond donors (Lipinski definition) is 0. The van der Waals surface area contributed by atoms with Crippen molar-refractivity contribution in [1.82, 2.24) is 9.80 Å². The number of rotatable bonds is 6. The summed E-state index contributed by atoms with van der Waals surface area (Å²) in [4.78, 5) is 54.3. The monoisotopic (exact) mass is 490 g/mol. The Balaban J connectivity index is 1.33. The number of nitrogens with zero attached hydrogens (tertiary/aromatic N) is 2. The Kier molecular flexibility index (Phi) is 6.32. The fourth-order valence-electron chi connectivity index (χ4n) is 4.95. The van der Waals surface area contributed by atoms with E-state index in [1.54, 1.807) is 18.2 Å². The average molecular weight is 491 g/mol. The molecule has 0 radical (unpaired) electrons. The maximum Gasteiger partial charge on any atom is 0.375 e. The normalized spacial score (nSPS) is 19.6. The van der Waals surface area contributed by atoms with Gasteiger partial charge in [0.2, 0.25) is 0 Å². The Morgan fingerprint density at radius 1 is 1.00 bits per heavy atom. The van der Waals surface area contributed by atoms with E-state index in [0.717, 1.165) is 25.0 Å². The molecule has 36 heavy (non-hydrogen) atoms. The van der Waals surface area contributed by atoms with Crippen LogP contribution in [0.25, 0.3) is 0 Å². The van der Waals surface area contributed by atoms with E-state index in [-0.39, 0.29) is 29.4 Å². The number of piperidine rings is 1. The lowest BCUT2D eigenvalue weighted by Gasteiger charge is -2.39. The number of carbonyl (C=O) groups excluding carboxylic acids is 4. The molecule has 5 rings (SSSR count). The van der Waals surface area contributed by atoms with E-state index >= 15 is 0 Å². The maximum atomic E-state index is 13.5. The van der Waals surface area contributed by atoms with Gasteiger partial charge in [-0.3, -0.25) is 19.4 Å². The smallest absolute Gasteiger partial charge is 0.375 e. The molecule has 0 N–H and O–H groups in total. The summed E-state index contributed by atoms with van der Waals surface area (Å²) in [5.41, 5.74) is 1.22. The number of esters is 2. The first-order valence-corrected chi connectivity index (χ1v) is 11.8. The standard InChI is InChI=1S/C27H26N2O7/c1-34-20-7-8-21-22(15-20)27(35-24(31)9-10-25(32)36-27)29(26(21)33)16-18-11-13-28(14-12-18)17-23(30)19-5-3-2-4-6-19/h2-10,15,18H,11-14,16-17H2,1H3. The molecule has 186 valence electrons. The Bertz CT molecular complexity index is 1210. The predicted molar refractivity (Wildman–Crippen MR) is 127 cm³/mol. The van der Waals surface area contributed by atoms with Crippen molar-refractivity contribution >= 4 is 23.6 Å². The van der Waals surface area contributed by atoms with E-state index in [9.17, 15) is 19.2 Å². The van der Waals surface area contributed by atoms with Gasteiger partial charge in [-0.2, -0.15) is 0 Å². The van der Waals surface area contributed by atoms with Gasteiger partial charge in [-0.15, -0.1) is 0 Å². The molecule has 2 aromatic rings. The van der Waals surface area contributed by atoms with E-state index in [0.29, 0.717) is 30.9 Å². The van der Waals surface area contributed by atoms with Gasteiger partial charge < -0.3 is 14.2 Å². The summed E-state index contributed by atoms with van der Waals surface area (Å²) in [7, 11) is 1.48. The highest BCUT2D eigenvalue weighted by Crippen LogP contribution is 2.44. The third-order valence-electron chi connectivity index (χ3n) is 6.84. The molecular formula is C27H26N2O7. The first-order valence-electron chi connectivity index (χ1n) is 11.8. The molecule has 0 atom stereocenters. The van der Waals surface area contributed by atoms with Crippen LogP contribution in [0.2, 0.25) is 0 Å². The minimum Gasteiger partial charge on any atom is -0.497 e. The Hall–Kier alpha value is -3.98. The summed E-state index contributed by atoms with van der Waals surface area (Å²) in [6.45, 7) is 1.91. The van der Waals surface area contributed by atoms with E-state index < -0.39 is 23.8 Å². The lowest BCUT2D eigenvalue weighted by atomic mass is 9.95. The molecule has 3 aliphatic heterocycles. The van der Waals surface area contributed by atoms with E-state index in [4.69, 9.17) is 14.2 Å². The average Bonchev–Trinajstić information content (AvgIpc) is 3.00. The molecule has 3 aliphatic rings. The van der Waals surface area contributed by atoms with Gasteiger partial charge >= 0.3 is 17.8 Å². The zero-order chi connectivity index (χ0) is 25.3. The molecule has 0 aliphatic carbocycles. The Labute approximate surface area is 208 Å². The summed E-state index contributed by atoms with van der Waals surface area (Å²) >= 11 is 0. The SMILES string of the molecule is COc1ccc2c(c1)C1(OC(=O)C=CC(=O)O1)N(CC1CCN(CC(=O)c3ccccc3)CC1)C2=O. The molecule has 9 nitrogen and oxygen atoms in total. The third kappa shape index (κ3) is 4.37. The van der Waals surface area contributed by atoms with E-state index in [1.807, 2.05) is 30.3 Å². The molecule has 1 amide bonds. The van der Waals surface area contributed by atoms with E-state index in [2.05, 4.69) is 4.90 Å². The zero-order valence-corrected chi connectivity index (χ0v) is 19.8. The van der Waals surface area contributed by atoms with Crippen molar-refractivity contribution in [3.8, 4) is 5.75 Å². The van der Waals surface area contributed by atoms with E-state index in [1.165, 1.54) is 12.0 Å². The fourth-order valence-corrected chi connectivity index (χ4v) is 4.95. The van der Waals surface area contributed by atoms with Crippen molar-refractivity contribution in [1.29, 1.82) is 0 Å². The van der Waals surface area contributed by atoms with Gasteiger partial charge in [-0.05, 0) is 50.0 Å². The number of amides is 1. The third-order valence-corrected chi connectivity index (χ3v) is 6.84. The molecule has 0 unspecified atom stereocenters. The number of carbonyl (C=O) groups is 4. The minimum atomic E-state index is -2.00. The first kappa shape index (κ1) is 23.7. The van der Waals surface area contributed by atoms with Crippen LogP contribution in [0.3, 0.4) is 0 Å². The van der Waals surface area contributed by atoms with Crippen LogP contribution < -0.4 is 4.74 Å². The molecule has 9 heteroatoms. The van der Waals surface area contributed by atoms with Gasteiger partial charge in [0, 0.05) is 24.3 Å². The van der Waals surface area contributed by atoms with Crippen LogP contribution in [-0.4, -0.2) is 66.7 Å². The topological polar surface area (TPSA) is 102 Å². The molecule has 3 heterocycles. The van der Waals surface area contributed by atoms with Gasteiger partial charge in [0.15, 0.2) is 5.78 Å². The molecule has 0 aromatic heterocycles. The lowest BCUT2D eigenvalue weighted by Crippen LogP contribution is -2.52. The molecule has 0 bridgehead atoms. The van der Waals surface area contributed by atoms with Gasteiger partial charge in [-0.25, -0.2) is 9.59 Å². The Morgan fingerprint density at radius 3 is 2.31 bits per heavy atom. The highest BCUT2D eigenvalue weighted by atomic mass is 16.8. The maximum absolute atomic E-state index is 13.5. The summed E-state index contributed by atoms with van der Waals surface area (Å²) in [5, 5.41) is 0. The molecule has 1 spiro atoms. The largest absolute Gasteiger partial charge is 0.497 e. The quantitative estimate of drug-likeness (QED) is 0.450. The van der Waals surface area contributed by atoms with Gasteiger partial charge in [-0.1, -0.05) is 30.3 Å². The fraction of sp³-hybridized carbons (Fsp3) is 0.333. The number of fused-ring (bicyclic) bond motifs is 2. The molecule has 1 fully saturated rings. The van der Waals surface area contributed by atoms with Crippen molar-refractivity contribution in [3.63, 3.8) is 0 Å². The van der Waals surface area contributed by atoms with Gasteiger partial charge in [0.25, 0.3) is 5.91 Å². The van der Waals surface area contributed by atoms with Crippen LogP contribution in [-0.2, 0) is 25.0 Å². The lowest BCUT2D eigenvalue weighted by molar-refractivity contribution is -0.275. The van der Waals surface area contributed by atoms with Crippen molar-refractivity contribution in [2.45, 2.75) is 18.8 Å². The van der Waals surface area contributed by atoms with Crippen molar-refractivity contribution < 1.29 is 33.4 Å². The second-order valence-corrected chi connectivity index (χ2v) is 9.09.